The molecular weight excluding hydrogens is 342 g/mol. The maximum atomic E-state index is 3.94. The minimum atomic E-state index is 0.321. The number of anilines is 1. The van der Waals surface area contributed by atoms with E-state index in [9.17, 15) is 0 Å². The first-order chi connectivity index (χ1) is 13.3. The largest absolute Gasteiger partial charge is 0.385 e. The molecular formula is C25H41N3. The Morgan fingerprint density at radius 2 is 1.57 bits per heavy atom. The summed E-state index contributed by atoms with van der Waals surface area (Å²) in [6.07, 6.45) is 5.18. The molecule has 3 aliphatic heterocycles. The fourth-order valence-electron chi connectivity index (χ4n) is 6.61. The highest BCUT2D eigenvalue weighted by molar-refractivity contribution is 5.55. The molecule has 2 saturated heterocycles. The molecule has 0 spiro atoms. The van der Waals surface area contributed by atoms with Gasteiger partial charge in [0.05, 0.1) is 0 Å². The first kappa shape index (κ1) is 20.2. The summed E-state index contributed by atoms with van der Waals surface area (Å²) in [5, 5.41) is 11.5. The summed E-state index contributed by atoms with van der Waals surface area (Å²) in [4.78, 5) is 0. The summed E-state index contributed by atoms with van der Waals surface area (Å²) in [5.41, 5.74) is 3.59. The van der Waals surface area contributed by atoms with Crippen LogP contribution in [0.1, 0.15) is 71.8 Å². The van der Waals surface area contributed by atoms with E-state index in [-0.39, 0.29) is 0 Å². The second-order valence-electron chi connectivity index (χ2n) is 11.3. The normalized spacial score (nSPS) is 33.5. The van der Waals surface area contributed by atoms with Crippen LogP contribution in [0.25, 0.3) is 0 Å². The van der Waals surface area contributed by atoms with Crippen LogP contribution < -0.4 is 16.0 Å². The number of para-hydroxylation sites is 1. The van der Waals surface area contributed by atoms with Gasteiger partial charge in [-0.05, 0) is 79.0 Å². The first-order valence-electron chi connectivity index (χ1n) is 11.6. The van der Waals surface area contributed by atoms with E-state index in [0.29, 0.717) is 28.8 Å². The molecule has 3 aliphatic rings. The monoisotopic (exact) mass is 383 g/mol. The molecule has 4 rings (SSSR count). The Bertz CT molecular complexity index is 675. The Balaban J connectivity index is 1.53. The summed E-state index contributed by atoms with van der Waals surface area (Å²) >= 11 is 0. The highest BCUT2D eigenvalue weighted by Gasteiger charge is 2.46. The number of hydrogen-bond acceptors (Lipinski definition) is 3. The lowest BCUT2D eigenvalue weighted by molar-refractivity contribution is 0.0455. The number of piperidine rings is 2. The van der Waals surface area contributed by atoms with E-state index >= 15 is 0 Å². The molecule has 0 aliphatic carbocycles. The molecule has 156 valence electrons. The predicted octanol–water partition coefficient (Wildman–Crippen LogP) is 5.00. The van der Waals surface area contributed by atoms with E-state index in [4.69, 9.17) is 0 Å². The lowest BCUT2D eigenvalue weighted by atomic mass is 9.62. The van der Waals surface area contributed by atoms with Gasteiger partial charge in [-0.1, -0.05) is 52.8 Å². The van der Waals surface area contributed by atoms with E-state index in [0.717, 1.165) is 18.4 Å². The lowest BCUT2D eigenvalue weighted by Crippen LogP contribution is -2.65. The topological polar surface area (TPSA) is 36.1 Å². The fourth-order valence-corrected chi connectivity index (χ4v) is 6.61. The Morgan fingerprint density at radius 1 is 0.857 bits per heavy atom. The molecule has 5 unspecified atom stereocenters. The number of rotatable bonds is 3. The van der Waals surface area contributed by atoms with E-state index in [1.807, 2.05) is 0 Å². The van der Waals surface area contributed by atoms with Gasteiger partial charge in [-0.15, -0.1) is 0 Å². The highest BCUT2D eigenvalue weighted by Crippen LogP contribution is 2.49. The van der Waals surface area contributed by atoms with Crippen molar-refractivity contribution in [3.8, 4) is 0 Å². The van der Waals surface area contributed by atoms with Crippen molar-refractivity contribution < 1.29 is 0 Å². The fraction of sp³-hybridized carbons (Fsp3) is 0.760. The lowest BCUT2D eigenvalue weighted by Gasteiger charge is -2.52. The second-order valence-corrected chi connectivity index (χ2v) is 11.3. The summed E-state index contributed by atoms with van der Waals surface area (Å²) in [5.74, 6) is 2.19. The number of nitrogens with one attached hydrogen (secondary N) is 3. The Kier molecular flexibility index (Phi) is 5.52. The first-order valence-corrected chi connectivity index (χ1v) is 11.6. The molecule has 0 saturated carbocycles. The van der Waals surface area contributed by atoms with Crippen LogP contribution in [0.4, 0.5) is 5.69 Å². The minimum Gasteiger partial charge on any atom is -0.385 e. The molecule has 3 nitrogen and oxygen atoms in total. The van der Waals surface area contributed by atoms with Gasteiger partial charge in [0.2, 0.25) is 0 Å². The van der Waals surface area contributed by atoms with Crippen LogP contribution in [0.2, 0.25) is 0 Å². The Hall–Kier alpha value is -1.06. The van der Waals surface area contributed by atoms with Crippen molar-refractivity contribution in [2.45, 2.75) is 78.3 Å². The van der Waals surface area contributed by atoms with Gasteiger partial charge in [-0.25, -0.2) is 0 Å². The van der Waals surface area contributed by atoms with Crippen LogP contribution in [-0.2, 0) is 0 Å². The van der Waals surface area contributed by atoms with Gasteiger partial charge in [0.1, 0.15) is 0 Å². The van der Waals surface area contributed by atoms with Crippen molar-refractivity contribution in [3.05, 3.63) is 29.8 Å². The van der Waals surface area contributed by atoms with Crippen molar-refractivity contribution in [1.82, 2.24) is 10.6 Å². The number of hydrogen-bond donors (Lipinski definition) is 3. The molecule has 1 aromatic rings. The SMILES string of the molecule is CC(C)(C)C1CCNC2C(CC(C)(C)C3CCNc4ccccc43)CCNC21. The van der Waals surface area contributed by atoms with E-state index in [1.54, 1.807) is 0 Å². The van der Waals surface area contributed by atoms with Gasteiger partial charge in [0.15, 0.2) is 0 Å². The zero-order chi connectivity index (χ0) is 19.9. The third-order valence-corrected chi connectivity index (χ3v) is 7.99. The molecule has 3 N–H and O–H groups in total. The Morgan fingerprint density at radius 3 is 2.36 bits per heavy atom. The molecule has 2 fully saturated rings. The summed E-state index contributed by atoms with van der Waals surface area (Å²) in [6.45, 7) is 15.8. The maximum absolute atomic E-state index is 3.94. The van der Waals surface area contributed by atoms with E-state index in [2.05, 4.69) is 74.8 Å². The van der Waals surface area contributed by atoms with E-state index < -0.39 is 0 Å². The van der Waals surface area contributed by atoms with Crippen molar-refractivity contribution >= 4 is 5.69 Å². The smallest absolute Gasteiger partial charge is 0.0375 e. The zero-order valence-electron chi connectivity index (χ0n) is 18.6. The summed E-state index contributed by atoms with van der Waals surface area (Å²) in [6, 6.07) is 10.2. The molecule has 3 heteroatoms. The minimum absolute atomic E-state index is 0.321. The highest BCUT2D eigenvalue weighted by atomic mass is 15.1. The standard InChI is InChI=1S/C25H41N3/c1-24(2,3)20-12-15-27-22-17(10-13-28-23(20)22)16-25(4,5)19-11-14-26-21-9-7-6-8-18(19)21/h6-9,17,19-20,22-23,26-28H,10-16H2,1-5H3. The second kappa shape index (κ2) is 7.65. The third-order valence-electron chi connectivity index (χ3n) is 7.99. The molecule has 1 aromatic carbocycles. The molecule has 28 heavy (non-hydrogen) atoms. The van der Waals surface area contributed by atoms with Crippen LogP contribution in [-0.4, -0.2) is 31.7 Å². The molecule has 0 aromatic heterocycles. The zero-order valence-corrected chi connectivity index (χ0v) is 18.6. The van der Waals surface area contributed by atoms with Crippen LogP contribution in [0.5, 0.6) is 0 Å². The van der Waals surface area contributed by atoms with Gasteiger partial charge >= 0.3 is 0 Å². The average Bonchev–Trinajstić information content (AvgIpc) is 2.66. The quantitative estimate of drug-likeness (QED) is 0.687. The molecule has 0 amide bonds. The Labute approximate surface area is 172 Å². The number of benzene rings is 1. The van der Waals surface area contributed by atoms with Gasteiger partial charge in [-0.3, -0.25) is 0 Å². The third kappa shape index (κ3) is 3.85. The van der Waals surface area contributed by atoms with E-state index in [1.165, 1.54) is 50.0 Å². The van der Waals surface area contributed by atoms with Crippen LogP contribution >= 0.6 is 0 Å². The molecule has 0 radical (unpaired) electrons. The van der Waals surface area contributed by atoms with Gasteiger partial charge in [0.25, 0.3) is 0 Å². The average molecular weight is 384 g/mol. The van der Waals surface area contributed by atoms with Crippen molar-refractivity contribution in [1.29, 1.82) is 0 Å². The maximum Gasteiger partial charge on any atom is 0.0375 e. The van der Waals surface area contributed by atoms with Gasteiger partial charge in [0, 0.05) is 24.3 Å². The van der Waals surface area contributed by atoms with Crippen molar-refractivity contribution in [2.24, 2.45) is 22.7 Å². The summed E-state index contributed by atoms with van der Waals surface area (Å²) in [7, 11) is 0. The molecule has 3 heterocycles. The number of fused-ring (bicyclic) bond motifs is 2. The van der Waals surface area contributed by atoms with Gasteiger partial charge < -0.3 is 16.0 Å². The molecule has 5 atom stereocenters. The van der Waals surface area contributed by atoms with Crippen LogP contribution in [0.3, 0.4) is 0 Å². The summed E-state index contributed by atoms with van der Waals surface area (Å²) < 4.78 is 0. The van der Waals surface area contributed by atoms with Crippen LogP contribution in [0.15, 0.2) is 24.3 Å². The van der Waals surface area contributed by atoms with Crippen LogP contribution in [0, 0.1) is 22.7 Å². The van der Waals surface area contributed by atoms with Crippen molar-refractivity contribution in [2.75, 3.05) is 25.0 Å². The van der Waals surface area contributed by atoms with Gasteiger partial charge in [-0.2, -0.15) is 0 Å². The predicted molar refractivity (Wildman–Crippen MR) is 120 cm³/mol. The van der Waals surface area contributed by atoms with Crippen molar-refractivity contribution in [3.63, 3.8) is 0 Å². The molecule has 0 bridgehead atoms.